The van der Waals surface area contributed by atoms with E-state index in [1.165, 1.54) is 78.9 Å². The predicted molar refractivity (Wildman–Crippen MR) is 216 cm³/mol. The van der Waals surface area contributed by atoms with Gasteiger partial charge in [-0.1, -0.05) is 75.7 Å². The molecule has 6 aromatic rings. The zero-order chi connectivity index (χ0) is 41.8. The lowest BCUT2D eigenvalue weighted by atomic mass is 10.0. The second-order valence-electron chi connectivity index (χ2n) is 11.8. The van der Waals surface area contributed by atoms with Crippen LogP contribution in [0.1, 0.15) is 27.0 Å². The van der Waals surface area contributed by atoms with Crippen molar-refractivity contribution < 1.29 is 39.2 Å². The molecule has 57 heavy (non-hydrogen) atoms. The van der Waals surface area contributed by atoms with Crippen LogP contribution in [0.25, 0.3) is 0 Å². The Bertz CT molecular complexity index is 2720. The number of hydrogen-bond donors (Lipinski definition) is 2. The lowest BCUT2D eigenvalue weighted by molar-refractivity contribution is 0.103. The molecule has 0 aromatic heterocycles. The van der Waals surface area contributed by atoms with Gasteiger partial charge in [0, 0.05) is 38.3 Å². The number of nitrogens with one attached hydrogen (secondary N) is 2. The molecule has 0 atom stereocenters. The number of anilines is 2. The quantitative estimate of drug-likeness (QED) is 0.105. The van der Waals surface area contributed by atoms with E-state index in [2.05, 4.69) is 9.44 Å². The van der Waals surface area contributed by atoms with Gasteiger partial charge in [0.05, 0.1) is 26.4 Å². The van der Waals surface area contributed by atoms with Crippen molar-refractivity contribution in [2.75, 3.05) is 9.44 Å². The molecule has 0 amide bonds. The second-order valence-corrected chi connectivity index (χ2v) is 17.6. The predicted octanol–water partition coefficient (Wildman–Crippen LogP) is 12.3. The number of halogens is 10. The largest absolute Gasteiger partial charge is 0.289 e. The van der Waals surface area contributed by atoms with Crippen molar-refractivity contribution in [1.29, 1.82) is 0 Å². The van der Waals surface area contributed by atoms with Gasteiger partial charge in [-0.25, -0.2) is 34.4 Å². The maximum absolute atomic E-state index is 13.4. The van der Waals surface area contributed by atoms with Crippen LogP contribution in [0.2, 0.25) is 30.1 Å². The van der Waals surface area contributed by atoms with Gasteiger partial charge in [-0.15, -0.1) is 0 Å². The number of ketones is 1. The third-order valence-electron chi connectivity index (χ3n) is 7.58. The molecular formula is C38H22Cl6F4N2O5S2. The third kappa shape index (κ3) is 11.5. The average Bonchev–Trinajstić information content (AvgIpc) is 3.08. The molecule has 2 N–H and O–H groups in total. The minimum absolute atomic E-state index is 0.0177. The van der Waals surface area contributed by atoms with Crippen LogP contribution in [-0.4, -0.2) is 22.6 Å². The molecule has 7 nitrogen and oxygen atoms in total. The van der Waals surface area contributed by atoms with Crippen LogP contribution in [0.5, 0.6) is 0 Å². The summed E-state index contributed by atoms with van der Waals surface area (Å²) in [4.78, 5) is 12.2. The smallest absolute Gasteiger partial charge is 0.263 e. The van der Waals surface area contributed by atoms with E-state index in [1.807, 2.05) is 0 Å². The molecule has 0 aliphatic rings. The van der Waals surface area contributed by atoms with E-state index < -0.39 is 49.1 Å². The van der Waals surface area contributed by atoms with Gasteiger partial charge in [0.25, 0.3) is 20.0 Å². The summed E-state index contributed by atoms with van der Waals surface area (Å²) in [5, 5.41) is 0.625. The highest BCUT2D eigenvalue weighted by atomic mass is 35.5. The van der Waals surface area contributed by atoms with E-state index in [1.54, 1.807) is 6.07 Å². The summed E-state index contributed by atoms with van der Waals surface area (Å²) >= 11 is 35.8. The lowest BCUT2D eigenvalue weighted by Gasteiger charge is -2.12. The molecule has 0 saturated heterocycles. The zero-order valence-electron chi connectivity index (χ0n) is 28.2. The first kappa shape index (κ1) is 44.1. The number of sulfonamides is 2. The fraction of sp³-hybridized carbons (Fsp3) is 0.0263. The Morgan fingerprint density at radius 3 is 1.37 bits per heavy atom. The zero-order valence-corrected chi connectivity index (χ0v) is 34.4. The van der Waals surface area contributed by atoms with Gasteiger partial charge in [0.1, 0.15) is 33.1 Å². The maximum Gasteiger partial charge on any atom is 0.263 e. The molecular weight excluding hydrogens is 917 g/mol. The monoisotopic (exact) mass is 936 g/mol. The Labute approximate surface area is 354 Å². The van der Waals surface area contributed by atoms with E-state index in [4.69, 9.17) is 69.6 Å². The molecule has 0 bridgehead atoms. The first-order valence-electron chi connectivity index (χ1n) is 15.7. The van der Waals surface area contributed by atoms with E-state index in [9.17, 15) is 39.2 Å². The molecule has 0 heterocycles. The van der Waals surface area contributed by atoms with Crippen LogP contribution in [0, 0.1) is 23.3 Å². The second kappa shape index (κ2) is 18.3. The minimum atomic E-state index is -4.06. The van der Waals surface area contributed by atoms with Gasteiger partial charge in [-0.2, -0.15) is 0 Å². The summed E-state index contributed by atoms with van der Waals surface area (Å²) in [6, 6.07) is 21.7. The first-order valence-corrected chi connectivity index (χ1v) is 20.9. The summed E-state index contributed by atoms with van der Waals surface area (Å²) < 4.78 is 108. The molecule has 0 spiro atoms. The van der Waals surface area contributed by atoms with Crippen molar-refractivity contribution in [2.45, 2.75) is 16.2 Å². The summed E-state index contributed by atoms with van der Waals surface area (Å²) in [5.41, 5.74) is 0.975. The molecule has 0 radical (unpaired) electrons. The van der Waals surface area contributed by atoms with Crippen molar-refractivity contribution in [3.8, 4) is 0 Å². The lowest BCUT2D eigenvalue weighted by Crippen LogP contribution is -2.14. The summed E-state index contributed by atoms with van der Waals surface area (Å²) in [6.07, 6.45) is 0.184. The number of hydrogen-bond acceptors (Lipinski definition) is 5. The molecule has 19 heteroatoms. The van der Waals surface area contributed by atoms with Gasteiger partial charge in [-0.3, -0.25) is 14.2 Å². The Kier molecular flexibility index (Phi) is 14.1. The van der Waals surface area contributed by atoms with Crippen LogP contribution < -0.4 is 9.44 Å². The molecule has 0 aliphatic carbocycles. The number of rotatable bonds is 10. The SMILES string of the molecule is O=C(c1cc(F)cc(F)c1)c1ccc(NS(=O)(=O)c2ccc(Cl)cc2Cl)cc1Cl.O=S(=O)(Nc1ccc(Cc2cc(F)cc(F)c2)c(Cl)c1)c1ccc(Cl)cc1Cl. The highest BCUT2D eigenvalue weighted by Gasteiger charge is 2.21. The van der Waals surface area contributed by atoms with E-state index in [-0.39, 0.29) is 63.8 Å². The van der Waals surface area contributed by atoms with Gasteiger partial charge in [-0.05, 0) is 109 Å². The first-order chi connectivity index (χ1) is 26.7. The molecule has 0 fully saturated rings. The molecule has 0 saturated carbocycles. The van der Waals surface area contributed by atoms with Crippen LogP contribution in [-0.2, 0) is 26.5 Å². The minimum Gasteiger partial charge on any atom is -0.289 e. The van der Waals surface area contributed by atoms with Crippen molar-refractivity contribution in [1.82, 2.24) is 0 Å². The van der Waals surface area contributed by atoms with E-state index in [0.29, 0.717) is 22.2 Å². The fourth-order valence-electron chi connectivity index (χ4n) is 5.10. The van der Waals surface area contributed by atoms with Crippen LogP contribution in [0.3, 0.4) is 0 Å². The highest BCUT2D eigenvalue weighted by molar-refractivity contribution is 7.93. The summed E-state index contributed by atoms with van der Waals surface area (Å²) in [6.45, 7) is 0. The Hall–Kier alpha value is -4.05. The van der Waals surface area contributed by atoms with Gasteiger partial charge < -0.3 is 0 Å². The van der Waals surface area contributed by atoms with Crippen molar-refractivity contribution >= 4 is 107 Å². The maximum atomic E-state index is 13.4. The Morgan fingerprint density at radius 1 is 0.491 bits per heavy atom. The van der Waals surface area contributed by atoms with Crippen molar-refractivity contribution in [3.63, 3.8) is 0 Å². The van der Waals surface area contributed by atoms with E-state index in [0.717, 1.165) is 18.2 Å². The van der Waals surface area contributed by atoms with E-state index >= 15 is 0 Å². The molecule has 6 rings (SSSR count). The van der Waals surface area contributed by atoms with Crippen LogP contribution in [0.15, 0.2) is 119 Å². The van der Waals surface area contributed by atoms with Crippen LogP contribution >= 0.6 is 69.6 Å². The Balaban J connectivity index is 0.000000218. The molecule has 0 aliphatic heterocycles. The number of carbonyl (C=O) groups excluding carboxylic acids is 1. The number of carbonyl (C=O) groups is 1. The average molecular weight is 939 g/mol. The standard InChI is InChI=1S/C19H10Cl3F2NO3S.C19H12Cl3F2NO2S/c20-11-1-4-18(17(22)7-11)29(27,28)25-14-2-3-15(16(21)9-14)19(26)10-5-12(23)8-13(24)6-10;20-13-2-4-19(18(22)8-13)28(26,27)25-16-3-1-12(17(21)10-16)5-11-6-14(23)9-15(24)7-11/h1-9,25H;1-4,6-10,25H,5H2. The fourth-order valence-corrected chi connectivity index (χ4v) is 9.26. The summed E-state index contributed by atoms with van der Waals surface area (Å²) in [7, 11) is -8.02. The van der Waals surface area contributed by atoms with Gasteiger partial charge in [0.15, 0.2) is 5.78 Å². The number of benzene rings is 6. The van der Waals surface area contributed by atoms with Crippen molar-refractivity contribution in [3.05, 3.63) is 185 Å². The molecule has 6 aromatic carbocycles. The third-order valence-corrected chi connectivity index (χ3v) is 12.4. The van der Waals surface area contributed by atoms with Gasteiger partial charge >= 0.3 is 0 Å². The Morgan fingerprint density at radius 2 is 0.930 bits per heavy atom. The van der Waals surface area contributed by atoms with Crippen LogP contribution in [0.4, 0.5) is 28.9 Å². The summed E-state index contributed by atoms with van der Waals surface area (Å²) in [5.74, 6) is -3.91. The normalized spacial score (nSPS) is 11.4. The van der Waals surface area contributed by atoms with Gasteiger partial charge in [0.2, 0.25) is 0 Å². The molecule has 0 unspecified atom stereocenters. The highest BCUT2D eigenvalue weighted by Crippen LogP contribution is 2.31. The topological polar surface area (TPSA) is 109 Å². The van der Waals surface area contributed by atoms with Crippen molar-refractivity contribution in [2.24, 2.45) is 0 Å². The molecule has 296 valence electrons.